The van der Waals surface area contributed by atoms with Gasteiger partial charge in [-0.25, -0.2) is 0 Å². The van der Waals surface area contributed by atoms with Crippen molar-refractivity contribution in [3.8, 4) is 0 Å². The molecular formula is C15H23Cl2N. The highest BCUT2D eigenvalue weighted by molar-refractivity contribution is 6.42. The van der Waals surface area contributed by atoms with Crippen molar-refractivity contribution in [1.82, 2.24) is 5.32 Å². The van der Waals surface area contributed by atoms with Crippen LogP contribution in [0.4, 0.5) is 0 Å². The van der Waals surface area contributed by atoms with E-state index in [9.17, 15) is 0 Å². The molecule has 1 N–H and O–H groups in total. The van der Waals surface area contributed by atoms with Crippen molar-refractivity contribution in [3.63, 3.8) is 0 Å². The fourth-order valence-corrected chi connectivity index (χ4v) is 2.40. The molecule has 1 nitrogen and oxygen atoms in total. The molecule has 0 radical (unpaired) electrons. The first kappa shape index (κ1) is 15.8. The molecule has 0 aliphatic carbocycles. The van der Waals surface area contributed by atoms with Crippen LogP contribution in [0.15, 0.2) is 18.2 Å². The highest BCUT2D eigenvalue weighted by Crippen LogP contribution is 2.28. The minimum Gasteiger partial charge on any atom is -0.310 e. The molecule has 0 aromatic heterocycles. The third-order valence-electron chi connectivity index (χ3n) is 3.07. The normalized spacial score (nSPS) is 13.0. The van der Waals surface area contributed by atoms with E-state index < -0.39 is 0 Å². The van der Waals surface area contributed by atoms with Gasteiger partial charge in [0.05, 0.1) is 10.0 Å². The van der Waals surface area contributed by atoms with Crippen LogP contribution in [0.2, 0.25) is 10.0 Å². The Morgan fingerprint density at radius 1 is 1.11 bits per heavy atom. The highest BCUT2D eigenvalue weighted by atomic mass is 35.5. The van der Waals surface area contributed by atoms with Crippen molar-refractivity contribution in [2.75, 3.05) is 6.54 Å². The van der Waals surface area contributed by atoms with Gasteiger partial charge in [-0.2, -0.15) is 0 Å². The molecule has 0 bridgehead atoms. The Hall–Kier alpha value is -0.240. The van der Waals surface area contributed by atoms with Crippen molar-refractivity contribution in [1.29, 1.82) is 0 Å². The zero-order valence-corrected chi connectivity index (χ0v) is 13.0. The molecule has 1 atom stereocenters. The lowest BCUT2D eigenvalue weighted by Gasteiger charge is -2.19. The number of rotatable bonds is 7. The molecular weight excluding hydrogens is 265 g/mol. The van der Waals surface area contributed by atoms with Gasteiger partial charge in [0.15, 0.2) is 0 Å². The predicted octanol–water partition coefficient (Wildman–Crippen LogP) is 5.47. The maximum absolute atomic E-state index is 6.08. The minimum atomic E-state index is 0.378. The Kier molecular flexibility index (Phi) is 7.06. The fraction of sp³-hybridized carbons (Fsp3) is 0.600. The molecule has 3 heteroatoms. The van der Waals surface area contributed by atoms with Crippen molar-refractivity contribution < 1.29 is 0 Å². The van der Waals surface area contributed by atoms with Gasteiger partial charge >= 0.3 is 0 Å². The molecule has 0 amide bonds. The second-order valence-corrected chi connectivity index (χ2v) is 5.92. The number of benzene rings is 1. The molecule has 1 unspecified atom stereocenters. The molecule has 0 heterocycles. The molecule has 1 rings (SSSR count). The number of nitrogens with one attached hydrogen (secondary N) is 1. The average Bonchev–Trinajstić information content (AvgIpc) is 2.31. The highest BCUT2D eigenvalue weighted by Gasteiger charge is 2.11. The van der Waals surface area contributed by atoms with E-state index in [0.29, 0.717) is 16.1 Å². The Morgan fingerprint density at radius 2 is 1.83 bits per heavy atom. The third kappa shape index (κ3) is 5.17. The lowest BCUT2D eigenvalue weighted by molar-refractivity contribution is 0.455. The quantitative estimate of drug-likeness (QED) is 0.701. The minimum absolute atomic E-state index is 0.378. The molecule has 0 saturated heterocycles. The van der Waals surface area contributed by atoms with Crippen LogP contribution in [0.25, 0.3) is 0 Å². The first-order chi connectivity index (χ1) is 8.54. The van der Waals surface area contributed by atoms with E-state index in [-0.39, 0.29) is 0 Å². The van der Waals surface area contributed by atoms with E-state index in [4.69, 9.17) is 23.2 Å². The van der Waals surface area contributed by atoms with E-state index in [2.05, 4.69) is 32.2 Å². The Labute approximate surface area is 121 Å². The summed E-state index contributed by atoms with van der Waals surface area (Å²) >= 11 is 12.0. The summed E-state index contributed by atoms with van der Waals surface area (Å²) in [5, 5.41) is 4.78. The summed E-state index contributed by atoms with van der Waals surface area (Å²) in [6.07, 6.45) is 3.64. The topological polar surface area (TPSA) is 12.0 Å². The van der Waals surface area contributed by atoms with Crippen LogP contribution >= 0.6 is 23.2 Å². The van der Waals surface area contributed by atoms with Gasteiger partial charge in [-0.1, -0.05) is 62.9 Å². The molecule has 1 aromatic carbocycles. The lowest BCUT2D eigenvalue weighted by Crippen LogP contribution is -2.21. The standard InChI is InChI=1S/C15H23Cl2N/c1-4-18-15(7-5-6-11(2)3)12-8-9-13(16)14(17)10-12/h8-11,15,18H,4-7H2,1-3H3. The summed E-state index contributed by atoms with van der Waals surface area (Å²) in [6.45, 7) is 7.63. The third-order valence-corrected chi connectivity index (χ3v) is 3.81. The fourth-order valence-electron chi connectivity index (χ4n) is 2.09. The van der Waals surface area contributed by atoms with E-state index in [1.54, 1.807) is 0 Å². The van der Waals surface area contributed by atoms with Gasteiger partial charge in [-0.3, -0.25) is 0 Å². The smallest absolute Gasteiger partial charge is 0.0595 e. The summed E-state index contributed by atoms with van der Waals surface area (Å²) in [4.78, 5) is 0. The molecule has 1 aromatic rings. The Balaban J connectivity index is 2.67. The van der Waals surface area contributed by atoms with E-state index in [0.717, 1.165) is 18.9 Å². The molecule has 0 saturated carbocycles. The van der Waals surface area contributed by atoms with Crippen LogP contribution in [0.5, 0.6) is 0 Å². The van der Waals surface area contributed by atoms with Crippen LogP contribution in [0, 0.1) is 5.92 Å². The molecule has 0 aliphatic rings. The van der Waals surface area contributed by atoms with Crippen molar-refractivity contribution in [2.24, 2.45) is 5.92 Å². The SMILES string of the molecule is CCNC(CCCC(C)C)c1ccc(Cl)c(Cl)c1. The largest absolute Gasteiger partial charge is 0.310 e. The molecule has 18 heavy (non-hydrogen) atoms. The first-order valence-electron chi connectivity index (χ1n) is 6.73. The first-order valence-corrected chi connectivity index (χ1v) is 7.48. The van der Waals surface area contributed by atoms with Crippen LogP contribution in [0.3, 0.4) is 0 Å². The summed E-state index contributed by atoms with van der Waals surface area (Å²) < 4.78 is 0. The van der Waals surface area contributed by atoms with Gasteiger partial charge in [0.25, 0.3) is 0 Å². The zero-order valence-electron chi connectivity index (χ0n) is 11.5. The van der Waals surface area contributed by atoms with Gasteiger partial charge < -0.3 is 5.32 Å². The average molecular weight is 288 g/mol. The summed E-state index contributed by atoms with van der Waals surface area (Å²) in [5.41, 5.74) is 1.23. The van der Waals surface area contributed by atoms with Crippen LogP contribution in [-0.2, 0) is 0 Å². The van der Waals surface area contributed by atoms with Gasteiger partial charge in [0.1, 0.15) is 0 Å². The van der Waals surface area contributed by atoms with Crippen molar-refractivity contribution in [2.45, 2.75) is 46.1 Å². The summed E-state index contributed by atoms with van der Waals surface area (Å²) in [7, 11) is 0. The number of hydrogen-bond acceptors (Lipinski definition) is 1. The zero-order chi connectivity index (χ0) is 13.5. The Morgan fingerprint density at radius 3 is 2.39 bits per heavy atom. The molecule has 102 valence electrons. The lowest BCUT2D eigenvalue weighted by atomic mass is 9.98. The van der Waals surface area contributed by atoms with Gasteiger partial charge in [-0.15, -0.1) is 0 Å². The van der Waals surface area contributed by atoms with Gasteiger partial charge in [0, 0.05) is 6.04 Å². The number of halogens is 2. The summed E-state index contributed by atoms with van der Waals surface area (Å²) in [6, 6.07) is 6.30. The van der Waals surface area contributed by atoms with Crippen LogP contribution in [0.1, 0.15) is 51.6 Å². The maximum Gasteiger partial charge on any atom is 0.0595 e. The molecule has 0 aliphatic heterocycles. The molecule has 0 spiro atoms. The van der Waals surface area contributed by atoms with Gasteiger partial charge in [-0.05, 0) is 36.6 Å². The monoisotopic (exact) mass is 287 g/mol. The van der Waals surface area contributed by atoms with Crippen molar-refractivity contribution in [3.05, 3.63) is 33.8 Å². The second kappa shape index (κ2) is 8.04. The van der Waals surface area contributed by atoms with Crippen molar-refractivity contribution >= 4 is 23.2 Å². The predicted molar refractivity (Wildman–Crippen MR) is 81.6 cm³/mol. The van der Waals surface area contributed by atoms with Crippen LogP contribution < -0.4 is 5.32 Å². The van der Waals surface area contributed by atoms with Crippen LogP contribution in [-0.4, -0.2) is 6.54 Å². The van der Waals surface area contributed by atoms with Gasteiger partial charge in [0.2, 0.25) is 0 Å². The van der Waals surface area contributed by atoms with E-state index >= 15 is 0 Å². The summed E-state index contributed by atoms with van der Waals surface area (Å²) in [5.74, 6) is 0.765. The number of hydrogen-bond donors (Lipinski definition) is 1. The molecule has 0 fully saturated rings. The van der Waals surface area contributed by atoms with E-state index in [1.165, 1.54) is 18.4 Å². The second-order valence-electron chi connectivity index (χ2n) is 5.11. The Bertz CT molecular complexity index is 364. The van der Waals surface area contributed by atoms with E-state index in [1.807, 2.05) is 12.1 Å². The maximum atomic E-state index is 6.08.